The number of alkyl carbamates (subject to hydrolysis) is 2. The van der Waals surface area contributed by atoms with Crippen LogP contribution in [0.4, 0.5) is 9.59 Å². The summed E-state index contributed by atoms with van der Waals surface area (Å²) in [5, 5.41) is 5.14. The highest BCUT2D eigenvalue weighted by Gasteiger charge is 2.35. The van der Waals surface area contributed by atoms with Crippen LogP contribution in [0.25, 0.3) is 33.7 Å². The van der Waals surface area contributed by atoms with Crippen LogP contribution in [0.15, 0.2) is 48.8 Å². The Bertz CT molecular complexity index is 2230. The maximum absolute atomic E-state index is 13.5. The number of hydrogen-bond donors (Lipinski definition) is 4. The van der Waals surface area contributed by atoms with E-state index in [0.29, 0.717) is 31.3 Å². The smallest absolute Gasteiger partial charge is 0.407 e. The number of aromatic amines is 2. The Morgan fingerprint density at radius 1 is 0.966 bits per heavy atom. The summed E-state index contributed by atoms with van der Waals surface area (Å²) in [6.45, 7) is 9.37. The molecule has 3 aliphatic rings. The van der Waals surface area contributed by atoms with E-state index in [1.165, 1.54) is 14.2 Å². The van der Waals surface area contributed by atoms with Gasteiger partial charge in [0.05, 0.1) is 50.6 Å². The minimum absolute atomic E-state index is 0.136. The normalized spacial score (nSPS) is 17.3. The van der Waals surface area contributed by atoms with Gasteiger partial charge in [0.25, 0.3) is 0 Å². The Balaban J connectivity index is 1.07. The first-order valence-electron chi connectivity index (χ1n) is 19.6. The first kappa shape index (κ1) is 39.9. The average Bonchev–Trinajstić information content (AvgIpc) is 4.02. The predicted octanol–water partition coefficient (Wildman–Crippen LogP) is 5.69. The molecule has 3 unspecified atom stereocenters. The lowest BCUT2D eigenvalue weighted by Crippen LogP contribution is -2.51. The fourth-order valence-electron chi connectivity index (χ4n) is 7.92. The number of nitrogens with one attached hydrogen (secondary N) is 4. The molecule has 3 atom stereocenters. The highest BCUT2D eigenvalue weighted by atomic mass is 16.5. The van der Waals surface area contributed by atoms with Gasteiger partial charge in [-0.2, -0.15) is 0 Å². The maximum Gasteiger partial charge on any atom is 0.407 e. The summed E-state index contributed by atoms with van der Waals surface area (Å²) in [4.78, 5) is 69.4. The molecule has 58 heavy (non-hydrogen) atoms. The second kappa shape index (κ2) is 17.0. The molecule has 4 aromatic rings. The highest BCUT2D eigenvalue weighted by Crippen LogP contribution is 2.47. The Morgan fingerprint density at radius 2 is 1.67 bits per heavy atom. The van der Waals surface area contributed by atoms with Crippen molar-refractivity contribution in [3.63, 3.8) is 0 Å². The number of likely N-dealkylation sites (tertiary alicyclic amines) is 1. The fourth-order valence-corrected chi connectivity index (χ4v) is 7.92. The quantitative estimate of drug-likeness (QED) is 0.139. The number of imidazole rings is 2. The zero-order valence-electron chi connectivity index (χ0n) is 33.6. The molecule has 16 nitrogen and oxygen atoms in total. The molecule has 1 fully saturated rings. The Labute approximate surface area is 336 Å². The summed E-state index contributed by atoms with van der Waals surface area (Å²) in [6, 6.07) is 11.2. The number of methoxy groups -OCH3 is 2. The molecule has 306 valence electrons. The van der Waals surface area contributed by atoms with Gasteiger partial charge in [-0.05, 0) is 44.2 Å². The third-order valence-electron chi connectivity index (χ3n) is 10.8. The highest BCUT2D eigenvalue weighted by molar-refractivity contribution is 5.99. The molecule has 16 heteroatoms. The first-order chi connectivity index (χ1) is 28.0. The number of fused-ring (bicyclic) bond motifs is 4. The van der Waals surface area contributed by atoms with Gasteiger partial charge in [0.15, 0.2) is 0 Å². The van der Waals surface area contributed by atoms with Gasteiger partial charge in [-0.3, -0.25) is 9.59 Å². The summed E-state index contributed by atoms with van der Waals surface area (Å²) < 4.78 is 22.3. The lowest BCUT2D eigenvalue weighted by atomic mass is 9.86. The minimum atomic E-state index is -0.729. The van der Waals surface area contributed by atoms with Crippen LogP contribution < -0.4 is 20.1 Å². The van der Waals surface area contributed by atoms with Crippen molar-refractivity contribution in [2.24, 2.45) is 5.92 Å². The van der Waals surface area contributed by atoms with Gasteiger partial charge in [-0.1, -0.05) is 45.0 Å². The van der Waals surface area contributed by atoms with Crippen molar-refractivity contribution in [3.8, 4) is 34.0 Å². The molecule has 4 amide bonds. The van der Waals surface area contributed by atoms with Crippen LogP contribution in [0.3, 0.4) is 0 Å². The van der Waals surface area contributed by atoms with Gasteiger partial charge in [0.2, 0.25) is 11.8 Å². The monoisotopic (exact) mass is 794 g/mol. The van der Waals surface area contributed by atoms with Crippen molar-refractivity contribution in [2.45, 2.75) is 71.7 Å². The standard InChI is InChI=1S/C42H50N8O8/c1-7-14-49(40(52)38(23(2)3)48-42(54)56-6)21-35-43-18-30(46-35)26-10-12-27-29-22-57-33-16-25(11-13-28(33)37(29)24(4)58-34(27)17-26)31-19-44-39(47-31)32-9-8-15-50(32)36(51)20-45-41(53)55-5/h10-13,16-19,23-24,32,38H,7-9,14-15,20-22H2,1-6H3,(H,43,46)(H,44,47)(H,45,53)(H,48,54). The van der Waals surface area contributed by atoms with Gasteiger partial charge in [0.1, 0.15) is 48.4 Å². The third-order valence-corrected chi connectivity index (χ3v) is 10.8. The number of benzene rings is 2. The summed E-state index contributed by atoms with van der Waals surface area (Å²) in [5.74, 6) is 2.28. The van der Waals surface area contributed by atoms with Crippen molar-refractivity contribution in [3.05, 3.63) is 71.6 Å². The SMILES string of the molecule is CCCN(Cc1ncc(-c2ccc3c(c2)OC(C)C2=C3COc3cc(-c4cnc(C5CCCN5C(=O)CNC(=O)OC)[nH]4)ccc32)[nH]1)C(=O)C(NC(=O)OC)C(C)C. The van der Waals surface area contributed by atoms with E-state index in [9.17, 15) is 19.2 Å². The molecule has 0 radical (unpaired) electrons. The molecule has 4 N–H and O–H groups in total. The molecule has 2 aromatic heterocycles. The molecule has 0 aliphatic carbocycles. The fraction of sp³-hybridized carbons (Fsp3) is 0.429. The molecule has 2 aromatic carbocycles. The number of H-pyrrole nitrogens is 2. The van der Waals surface area contributed by atoms with Gasteiger partial charge >= 0.3 is 12.2 Å². The largest absolute Gasteiger partial charge is 0.488 e. The van der Waals surface area contributed by atoms with Crippen LogP contribution in [-0.2, 0) is 25.6 Å². The second-order valence-electron chi connectivity index (χ2n) is 15.0. The van der Waals surface area contributed by atoms with E-state index in [-0.39, 0.29) is 43.0 Å². The summed E-state index contributed by atoms with van der Waals surface area (Å²) >= 11 is 0. The number of nitrogens with zero attached hydrogens (tertiary/aromatic N) is 4. The molecule has 3 aliphatic heterocycles. The van der Waals surface area contributed by atoms with E-state index in [0.717, 1.165) is 75.5 Å². The number of aromatic nitrogens is 4. The van der Waals surface area contributed by atoms with Crippen molar-refractivity contribution in [1.29, 1.82) is 0 Å². The van der Waals surface area contributed by atoms with Crippen molar-refractivity contribution in [1.82, 2.24) is 40.4 Å². The van der Waals surface area contributed by atoms with E-state index in [1.807, 2.05) is 58.0 Å². The number of carbonyl (C=O) groups is 4. The predicted molar refractivity (Wildman–Crippen MR) is 214 cm³/mol. The van der Waals surface area contributed by atoms with E-state index >= 15 is 0 Å². The molecule has 0 bridgehead atoms. The average molecular weight is 795 g/mol. The summed E-state index contributed by atoms with van der Waals surface area (Å²) in [7, 11) is 2.54. The maximum atomic E-state index is 13.5. The van der Waals surface area contributed by atoms with Crippen LogP contribution in [0.1, 0.15) is 75.8 Å². The van der Waals surface area contributed by atoms with Crippen LogP contribution in [0, 0.1) is 5.92 Å². The number of rotatable bonds is 12. The van der Waals surface area contributed by atoms with Crippen LogP contribution in [0.2, 0.25) is 0 Å². The van der Waals surface area contributed by atoms with E-state index < -0.39 is 18.2 Å². The Kier molecular flexibility index (Phi) is 11.7. The van der Waals surface area contributed by atoms with Crippen molar-refractivity contribution >= 4 is 35.1 Å². The molecular formula is C42H50N8O8. The Hall–Kier alpha value is -6.32. The zero-order valence-corrected chi connectivity index (χ0v) is 33.6. The van der Waals surface area contributed by atoms with Crippen molar-refractivity contribution < 1.29 is 38.1 Å². The molecule has 7 rings (SSSR count). The van der Waals surface area contributed by atoms with E-state index in [2.05, 4.69) is 41.4 Å². The van der Waals surface area contributed by atoms with E-state index in [4.69, 9.17) is 14.2 Å². The van der Waals surface area contributed by atoms with Gasteiger partial charge in [-0.25, -0.2) is 19.6 Å². The number of ether oxygens (including phenoxy) is 4. The summed E-state index contributed by atoms with van der Waals surface area (Å²) in [5.41, 5.74) is 7.44. The van der Waals surface area contributed by atoms with Gasteiger partial charge < -0.3 is 49.3 Å². The minimum Gasteiger partial charge on any atom is -0.488 e. The number of amides is 4. The topological polar surface area (TPSA) is 193 Å². The van der Waals surface area contributed by atoms with Gasteiger partial charge in [-0.15, -0.1) is 0 Å². The molecular weight excluding hydrogens is 745 g/mol. The third kappa shape index (κ3) is 8.08. The van der Waals surface area contributed by atoms with E-state index in [1.54, 1.807) is 22.2 Å². The van der Waals surface area contributed by atoms with Crippen LogP contribution in [0.5, 0.6) is 11.5 Å². The second-order valence-corrected chi connectivity index (χ2v) is 15.0. The summed E-state index contributed by atoms with van der Waals surface area (Å²) in [6.07, 6.45) is 4.33. The zero-order chi connectivity index (χ0) is 41.1. The molecule has 0 saturated carbocycles. The molecule has 5 heterocycles. The lowest BCUT2D eigenvalue weighted by molar-refractivity contribution is -0.135. The Morgan fingerprint density at radius 3 is 2.40 bits per heavy atom. The first-order valence-corrected chi connectivity index (χ1v) is 19.6. The van der Waals surface area contributed by atoms with Crippen LogP contribution in [-0.4, -0.2) is 106 Å². The molecule has 1 saturated heterocycles. The lowest BCUT2D eigenvalue weighted by Gasteiger charge is -2.33. The van der Waals surface area contributed by atoms with Crippen LogP contribution >= 0.6 is 0 Å². The number of hydrogen-bond acceptors (Lipinski definition) is 10. The molecule has 0 spiro atoms. The number of carbonyl (C=O) groups excluding carboxylic acids is 4. The van der Waals surface area contributed by atoms with Gasteiger partial charge in [0, 0.05) is 46.5 Å². The van der Waals surface area contributed by atoms with Crippen molar-refractivity contribution in [2.75, 3.05) is 40.5 Å².